The largest absolute Gasteiger partial charge is 0.463 e. The number of hydrogen-bond donors (Lipinski definition) is 0. The summed E-state index contributed by atoms with van der Waals surface area (Å²) in [5.74, 6) is -0.0888. The molecule has 0 aromatic heterocycles. The van der Waals surface area contributed by atoms with Gasteiger partial charge >= 0.3 is 5.97 Å². The first kappa shape index (κ1) is 18.2. The van der Waals surface area contributed by atoms with Gasteiger partial charge in [-0.2, -0.15) is 0 Å². The minimum absolute atomic E-state index is 0.0888. The van der Waals surface area contributed by atoms with Crippen LogP contribution >= 0.6 is 22.6 Å². The minimum atomic E-state index is -0.0888. The van der Waals surface area contributed by atoms with Crippen molar-refractivity contribution in [3.05, 3.63) is 0 Å². The first-order valence-electron chi connectivity index (χ1n) is 7.10. The lowest BCUT2D eigenvalue weighted by atomic mass is 10.2. The number of rotatable bonds is 13. The molecule has 0 unspecified atom stereocenters. The monoisotopic (exact) mass is 370 g/mol. The maximum atomic E-state index is 11.2. The summed E-state index contributed by atoms with van der Waals surface area (Å²) in [5.41, 5.74) is 0. The second-order valence-electron chi connectivity index (χ2n) is 4.39. The topological polar surface area (TPSA) is 35.5 Å². The van der Waals surface area contributed by atoms with Gasteiger partial charge in [-0.25, -0.2) is 0 Å². The molecule has 18 heavy (non-hydrogen) atoms. The molecule has 0 radical (unpaired) electrons. The molecule has 0 N–H and O–H groups in total. The van der Waals surface area contributed by atoms with Gasteiger partial charge in [0.1, 0.15) is 6.61 Å². The summed E-state index contributed by atoms with van der Waals surface area (Å²) in [4.78, 5) is 11.2. The Bertz CT molecular complexity index is 186. The molecule has 0 aromatic rings. The van der Waals surface area contributed by atoms with Crippen molar-refractivity contribution < 1.29 is 14.3 Å². The van der Waals surface area contributed by atoms with Gasteiger partial charge in [-0.15, -0.1) is 0 Å². The van der Waals surface area contributed by atoms with Gasteiger partial charge in [0.15, 0.2) is 0 Å². The molecular formula is C14H27IO3. The van der Waals surface area contributed by atoms with E-state index in [1.807, 2.05) is 0 Å². The lowest BCUT2D eigenvalue weighted by molar-refractivity contribution is -0.145. The summed E-state index contributed by atoms with van der Waals surface area (Å²) in [7, 11) is 0. The molecule has 4 heteroatoms. The van der Waals surface area contributed by atoms with E-state index in [-0.39, 0.29) is 5.97 Å². The molecule has 0 spiro atoms. The fourth-order valence-corrected chi connectivity index (χ4v) is 2.10. The van der Waals surface area contributed by atoms with Crippen molar-refractivity contribution in [3.63, 3.8) is 0 Å². The SMILES string of the molecule is CCCCCC(=O)OCCOCCCCCCI. The van der Waals surface area contributed by atoms with Gasteiger partial charge in [0.2, 0.25) is 0 Å². The molecule has 0 heterocycles. The third-order valence-electron chi connectivity index (χ3n) is 2.65. The molecule has 0 aromatic carbocycles. The molecule has 0 atom stereocenters. The molecule has 0 saturated carbocycles. The number of halogens is 1. The van der Waals surface area contributed by atoms with E-state index in [9.17, 15) is 4.79 Å². The van der Waals surface area contributed by atoms with Gasteiger partial charge in [-0.05, 0) is 23.7 Å². The van der Waals surface area contributed by atoms with Gasteiger partial charge < -0.3 is 9.47 Å². The van der Waals surface area contributed by atoms with Crippen molar-refractivity contribution >= 4 is 28.6 Å². The zero-order valence-electron chi connectivity index (χ0n) is 11.6. The number of hydrogen-bond acceptors (Lipinski definition) is 3. The molecule has 0 bridgehead atoms. The van der Waals surface area contributed by atoms with Crippen LogP contribution in [0.5, 0.6) is 0 Å². The summed E-state index contributed by atoms with van der Waals surface area (Å²) in [6.45, 7) is 3.85. The quantitative estimate of drug-likeness (QED) is 0.212. The van der Waals surface area contributed by atoms with Crippen LogP contribution in [0.25, 0.3) is 0 Å². The van der Waals surface area contributed by atoms with Crippen LogP contribution in [-0.4, -0.2) is 30.2 Å². The van der Waals surface area contributed by atoms with Gasteiger partial charge in [0, 0.05) is 13.0 Å². The number of carbonyl (C=O) groups is 1. The molecule has 3 nitrogen and oxygen atoms in total. The van der Waals surface area contributed by atoms with Crippen molar-refractivity contribution in [1.29, 1.82) is 0 Å². The summed E-state index contributed by atoms with van der Waals surface area (Å²) in [6, 6.07) is 0. The zero-order valence-corrected chi connectivity index (χ0v) is 13.7. The first-order valence-corrected chi connectivity index (χ1v) is 8.63. The van der Waals surface area contributed by atoms with Crippen molar-refractivity contribution in [3.8, 4) is 0 Å². The Labute approximate surface area is 125 Å². The number of unbranched alkanes of at least 4 members (excludes halogenated alkanes) is 5. The van der Waals surface area contributed by atoms with Crippen molar-refractivity contribution in [2.75, 3.05) is 24.2 Å². The molecule has 0 amide bonds. The lowest BCUT2D eigenvalue weighted by Gasteiger charge is -2.06. The summed E-state index contributed by atoms with van der Waals surface area (Å²) in [5, 5.41) is 0. The number of esters is 1. The highest BCUT2D eigenvalue weighted by Gasteiger charge is 2.01. The Morgan fingerprint density at radius 1 is 0.944 bits per heavy atom. The number of ether oxygens (including phenoxy) is 2. The molecule has 0 aliphatic rings. The van der Waals surface area contributed by atoms with Crippen LogP contribution in [0.15, 0.2) is 0 Å². The first-order chi connectivity index (χ1) is 8.81. The van der Waals surface area contributed by atoms with Crippen LogP contribution in [0.3, 0.4) is 0 Å². The Morgan fingerprint density at radius 3 is 2.44 bits per heavy atom. The third kappa shape index (κ3) is 14.2. The Balaban J connectivity index is 3.08. The van der Waals surface area contributed by atoms with E-state index in [0.29, 0.717) is 19.6 Å². The molecule has 0 aliphatic heterocycles. The van der Waals surface area contributed by atoms with E-state index in [1.165, 1.54) is 23.7 Å². The molecule has 0 saturated heterocycles. The van der Waals surface area contributed by atoms with Crippen LogP contribution in [0.1, 0.15) is 58.3 Å². The molecule has 0 aliphatic carbocycles. The minimum Gasteiger partial charge on any atom is -0.463 e. The fourth-order valence-electron chi connectivity index (χ4n) is 1.56. The number of carbonyl (C=O) groups excluding carboxylic acids is 1. The number of alkyl halides is 1. The van der Waals surface area contributed by atoms with Crippen LogP contribution in [0.4, 0.5) is 0 Å². The Morgan fingerprint density at radius 2 is 1.72 bits per heavy atom. The summed E-state index contributed by atoms with van der Waals surface area (Å²) < 4.78 is 11.7. The zero-order chi connectivity index (χ0) is 13.5. The van der Waals surface area contributed by atoms with Gasteiger partial charge in [0.05, 0.1) is 6.61 Å². The predicted octanol–water partition coefficient (Wildman–Crippen LogP) is 4.12. The van der Waals surface area contributed by atoms with E-state index in [1.54, 1.807) is 0 Å². The Kier molecular flexibility index (Phi) is 15.4. The highest BCUT2D eigenvalue weighted by molar-refractivity contribution is 14.1. The van der Waals surface area contributed by atoms with E-state index in [0.717, 1.165) is 32.3 Å². The van der Waals surface area contributed by atoms with E-state index >= 15 is 0 Å². The fraction of sp³-hybridized carbons (Fsp3) is 0.929. The van der Waals surface area contributed by atoms with E-state index in [4.69, 9.17) is 9.47 Å². The normalized spacial score (nSPS) is 10.6. The van der Waals surface area contributed by atoms with Gasteiger partial charge in [-0.3, -0.25) is 4.79 Å². The average molecular weight is 370 g/mol. The highest BCUT2D eigenvalue weighted by atomic mass is 127. The van der Waals surface area contributed by atoms with Crippen LogP contribution in [-0.2, 0) is 14.3 Å². The highest BCUT2D eigenvalue weighted by Crippen LogP contribution is 2.02. The third-order valence-corrected chi connectivity index (χ3v) is 3.41. The standard InChI is InChI=1S/C14H27IO3/c1-2-3-6-9-14(16)18-13-12-17-11-8-5-4-7-10-15/h2-13H2,1H3. The summed E-state index contributed by atoms with van der Waals surface area (Å²) >= 11 is 2.40. The maximum absolute atomic E-state index is 11.2. The molecule has 0 rings (SSSR count). The van der Waals surface area contributed by atoms with Crippen molar-refractivity contribution in [2.45, 2.75) is 58.3 Å². The molecule has 0 fully saturated rings. The van der Waals surface area contributed by atoms with Crippen molar-refractivity contribution in [2.24, 2.45) is 0 Å². The van der Waals surface area contributed by atoms with Crippen molar-refractivity contribution in [1.82, 2.24) is 0 Å². The second kappa shape index (κ2) is 15.2. The van der Waals surface area contributed by atoms with Gasteiger partial charge in [0.25, 0.3) is 0 Å². The van der Waals surface area contributed by atoms with Crippen LogP contribution in [0, 0.1) is 0 Å². The van der Waals surface area contributed by atoms with Crippen LogP contribution < -0.4 is 0 Å². The maximum Gasteiger partial charge on any atom is 0.305 e. The Hall–Kier alpha value is 0.160. The molecule has 108 valence electrons. The van der Waals surface area contributed by atoms with Gasteiger partial charge in [-0.1, -0.05) is 55.2 Å². The lowest BCUT2D eigenvalue weighted by Crippen LogP contribution is -2.10. The second-order valence-corrected chi connectivity index (χ2v) is 5.47. The smallest absolute Gasteiger partial charge is 0.305 e. The average Bonchev–Trinajstić information content (AvgIpc) is 2.37. The summed E-state index contributed by atoms with van der Waals surface area (Å²) in [6.07, 6.45) is 8.66. The van der Waals surface area contributed by atoms with Crippen LogP contribution in [0.2, 0.25) is 0 Å². The predicted molar refractivity (Wildman–Crippen MR) is 83.3 cm³/mol. The molecular weight excluding hydrogens is 343 g/mol. The van der Waals surface area contributed by atoms with E-state index in [2.05, 4.69) is 29.5 Å². The van der Waals surface area contributed by atoms with E-state index < -0.39 is 0 Å².